The van der Waals surface area contributed by atoms with Gasteiger partial charge in [-0.3, -0.25) is 9.88 Å². The lowest BCUT2D eigenvalue weighted by Gasteiger charge is -2.38. The Bertz CT molecular complexity index is 634. The Labute approximate surface area is 154 Å². The molecule has 0 aromatic carbocycles. The van der Waals surface area contributed by atoms with Crippen molar-refractivity contribution in [3.63, 3.8) is 0 Å². The fraction of sp³-hybridized carbons (Fsp3) is 0.625. The van der Waals surface area contributed by atoms with Crippen molar-refractivity contribution in [3.05, 3.63) is 28.0 Å². The standard InChI is InChI=1S/C16H24Cl2N2O3Si/c1-16(2,3)24(4,5)23-10-6-13(20(9-10)15(21)22)11-7-19-8-12(17)14(11)18/h7-8,10,13H,6,9H2,1-5H3,(H,21,22)/t10-,13+/m1/s1. The highest BCUT2D eigenvalue weighted by Crippen LogP contribution is 2.43. The third kappa shape index (κ3) is 3.87. The fourth-order valence-electron chi connectivity index (χ4n) is 2.65. The number of nitrogens with zero attached hydrogens (tertiary/aromatic N) is 2. The van der Waals surface area contributed by atoms with E-state index in [9.17, 15) is 9.90 Å². The minimum absolute atomic E-state index is 0.0639. The molecule has 2 rings (SSSR count). The SMILES string of the molecule is CC(C)(C)[Si](C)(C)O[C@@H]1C[C@@H](c2cncc(Cl)c2Cl)N(C(=O)O)C1. The van der Waals surface area contributed by atoms with Gasteiger partial charge >= 0.3 is 6.09 Å². The average molecular weight is 391 g/mol. The van der Waals surface area contributed by atoms with E-state index in [-0.39, 0.29) is 11.1 Å². The number of rotatable bonds is 3. The second kappa shape index (κ2) is 6.82. The van der Waals surface area contributed by atoms with Gasteiger partial charge in [0.1, 0.15) is 0 Å². The summed E-state index contributed by atoms with van der Waals surface area (Å²) in [7, 11) is -1.98. The van der Waals surface area contributed by atoms with E-state index >= 15 is 0 Å². The van der Waals surface area contributed by atoms with Crippen LogP contribution in [0, 0.1) is 0 Å². The van der Waals surface area contributed by atoms with Crippen molar-refractivity contribution >= 4 is 37.6 Å². The summed E-state index contributed by atoms with van der Waals surface area (Å²) in [6.45, 7) is 11.2. The lowest BCUT2D eigenvalue weighted by atomic mass is 10.1. The highest BCUT2D eigenvalue weighted by Gasteiger charge is 2.44. The molecule has 1 saturated heterocycles. The first-order valence-electron chi connectivity index (χ1n) is 7.90. The molecule has 8 heteroatoms. The summed E-state index contributed by atoms with van der Waals surface area (Å²) in [6, 6.07) is -0.393. The first-order chi connectivity index (χ1) is 10.9. The van der Waals surface area contributed by atoms with Gasteiger partial charge in [0, 0.05) is 24.5 Å². The van der Waals surface area contributed by atoms with Crippen LogP contribution in [0.3, 0.4) is 0 Å². The molecule has 2 heterocycles. The van der Waals surface area contributed by atoms with Crippen molar-refractivity contribution < 1.29 is 14.3 Å². The number of hydrogen-bond acceptors (Lipinski definition) is 3. The molecule has 5 nitrogen and oxygen atoms in total. The van der Waals surface area contributed by atoms with E-state index in [0.717, 1.165) is 0 Å². The van der Waals surface area contributed by atoms with Crippen molar-refractivity contribution in [2.24, 2.45) is 0 Å². The average Bonchev–Trinajstić information content (AvgIpc) is 2.83. The van der Waals surface area contributed by atoms with Crippen molar-refractivity contribution in [1.29, 1.82) is 0 Å². The highest BCUT2D eigenvalue weighted by atomic mass is 35.5. The molecule has 0 aliphatic carbocycles. The summed E-state index contributed by atoms with van der Waals surface area (Å²) < 4.78 is 6.40. The van der Waals surface area contributed by atoms with E-state index < -0.39 is 20.5 Å². The predicted octanol–water partition coefficient (Wildman–Crippen LogP) is 5.20. The maximum atomic E-state index is 11.7. The zero-order valence-corrected chi connectivity index (χ0v) is 17.1. The van der Waals surface area contributed by atoms with E-state index in [1.54, 1.807) is 6.20 Å². The van der Waals surface area contributed by atoms with Crippen LogP contribution in [0.4, 0.5) is 4.79 Å². The fourth-order valence-corrected chi connectivity index (χ4v) is 4.40. The Hall–Kier alpha value is -0.823. The molecule has 0 saturated carbocycles. The minimum Gasteiger partial charge on any atom is -0.465 e. The molecule has 0 radical (unpaired) electrons. The van der Waals surface area contributed by atoms with Gasteiger partial charge < -0.3 is 9.53 Å². The van der Waals surface area contributed by atoms with Crippen molar-refractivity contribution in [2.45, 2.75) is 57.5 Å². The molecule has 0 unspecified atom stereocenters. The Morgan fingerprint density at radius 3 is 2.54 bits per heavy atom. The number of pyridine rings is 1. The quantitative estimate of drug-likeness (QED) is 0.719. The zero-order chi connectivity index (χ0) is 18.3. The van der Waals surface area contributed by atoms with Crippen LogP contribution in [0.25, 0.3) is 0 Å². The summed E-state index contributed by atoms with van der Waals surface area (Å²) in [5.41, 5.74) is 0.632. The molecule has 24 heavy (non-hydrogen) atoms. The minimum atomic E-state index is -1.98. The molecule has 1 fully saturated rings. The number of halogens is 2. The van der Waals surface area contributed by atoms with E-state index in [4.69, 9.17) is 27.6 Å². The molecule has 1 N–H and O–H groups in total. The lowest BCUT2D eigenvalue weighted by molar-refractivity contribution is 0.132. The summed E-state index contributed by atoms with van der Waals surface area (Å²) in [4.78, 5) is 17.1. The topological polar surface area (TPSA) is 62.7 Å². The van der Waals surface area contributed by atoms with Gasteiger partial charge in [-0.2, -0.15) is 0 Å². The van der Waals surface area contributed by atoms with Gasteiger partial charge in [0.25, 0.3) is 0 Å². The van der Waals surface area contributed by atoms with Crippen molar-refractivity contribution in [2.75, 3.05) is 6.54 Å². The number of carbonyl (C=O) groups is 1. The molecule has 0 spiro atoms. The predicted molar refractivity (Wildman–Crippen MR) is 98.4 cm³/mol. The Kier molecular flexibility index (Phi) is 5.54. The second-order valence-electron chi connectivity index (χ2n) is 7.71. The van der Waals surface area contributed by atoms with E-state index in [1.165, 1.54) is 11.1 Å². The lowest BCUT2D eigenvalue weighted by Crippen LogP contribution is -2.44. The number of carboxylic acid groups (broad SMARTS) is 1. The smallest absolute Gasteiger partial charge is 0.407 e. The third-order valence-corrected chi connectivity index (χ3v) is 10.3. The number of aromatic nitrogens is 1. The van der Waals surface area contributed by atoms with Gasteiger partial charge in [0.05, 0.1) is 22.2 Å². The Morgan fingerprint density at radius 1 is 1.38 bits per heavy atom. The summed E-state index contributed by atoms with van der Waals surface area (Å²) in [6.07, 6.45) is 2.46. The van der Waals surface area contributed by atoms with E-state index in [0.29, 0.717) is 28.6 Å². The van der Waals surface area contributed by atoms with Gasteiger partial charge in [-0.1, -0.05) is 44.0 Å². The number of likely N-dealkylation sites (tertiary alicyclic amines) is 1. The molecule has 1 amide bonds. The normalized spacial score (nSPS) is 22.0. The van der Waals surface area contributed by atoms with Crippen LogP contribution >= 0.6 is 23.2 Å². The summed E-state index contributed by atoms with van der Waals surface area (Å²) >= 11 is 12.3. The van der Waals surface area contributed by atoms with E-state index in [1.807, 2.05) is 0 Å². The second-order valence-corrected chi connectivity index (χ2v) is 13.3. The van der Waals surface area contributed by atoms with E-state index in [2.05, 4.69) is 38.8 Å². The molecule has 2 atom stereocenters. The summed E-state index contributed by atoms with van der Waals surface area (Å²) in [5, 5.41) is 10.3. The molecule has 134 valence electrons. The van der Waals surface area contributed by atoms with Crippen LogP contribution in [0.15, 0.2) is 12.4 Å². The molecular formula is C16H24Cl2N2O3Si. The van der Waals surface area contributed by atoms with Gasteiger partial charge in [0.15, 0.2) is 8.32 Å². The molecule has 1 aromatic rings. The molecule has 1 aromatic heterocycles. The molecular weight excluding hydrogens is 367 g/mol. The van der Waals surface area contributed by atoms with Crippen LogP contribution < -0.4 is 0 Å². The molecule has 0 bridgehead atoms. The Morgan fingerprint density at radius 2 is 2.00 bits per heavy atom. The first kappa shape index (κ1) is 19.5. The monoisotopic (exact) mass is 390 g/mol. The van der Waals surface area contributed by atoms with Crippen LogP contribution in [0.1, 0.15) is 38.8 Å². The van der Waals surface area contributed by atoms with Crippen LogP contribution in [-0.4, -0.2) is 42.0 Å². The van der Waals surface area contributed by atoms with Crippen LogP contribution in [0.2, 0.25) is 28.2 Å². The van der Waals surface area contributed by atoms with Gasteiger partial charge in [0.2, 0.25) is 0 Å². The third-order valence-electron chi connectivity index (χ3n) is 5.00. The van der Waals surface area contributed by atoms with Gasteiger partial charge in [-0.15, -0.1) is 0 Å². The molecule has 1 aliphatic heterocycles. The maximum Gasteiger partial charge on any atom is 0.407 e. The zero-order valence-electron chi connectivity index (χ0n) is 14.6. The largest absolute Gasteiger partial charge is 0.465 e. The first-order valence-corrected chi connectivity index (χ1v) is 11.6. The number of hydrogen-bond donors (Lipinski definition) is 1. The maximum absolute atomic E-state index is 11.7. The van der Waals surface area contributed by atoms with Gasteiger partial charge in [-0.25, -0.2) is 4.79 Å². The Balaban J connectivity index is 2.27. The van der Waals surface area contributed by atoms with Crippen molar-refractivity contribution in [3.8, 4) is 0 Å². The van der Waals surface area contributed by atoms with Crippen LogP contribution in [0.5, 0.6) is 0 Å². The summed E-state index contributed by atoms with van der Waals surface area (Å²) in [5.74, 6) is 0. The van der Waals surface area contributed by atoms with Crippen molar-refractivity contribution in [1.82, 2.24) is 9.88 Å². The highest BCUT2D eigenvalue weighted by molar-refractivity contribution is 6.74. The number of amides is 1. The van der Waals surface area contributed by atoms with Crippen LogP contribution in [-0.2, 0) is 4.43 Å². The van der Waals surface area contributed by atoms with Gasteiger partial charge in [-0.05, 0) is 24.6 Å². The molecule has 1 aliphatic rings.